The van der Waals surface area contributed by atoms with E-state index in [1.54, 1.807) is 6.92 Å². The Bertz CT molecular complexity index is 468. The van der Waals surface area contributed by atoms with Gasteiger partial charge in [0.15, 0.2) is 12.0 Å². The summed E-state index contributed by atoms with van der Waals surface area (Å²) in [5.74, 6) is 0.151. The van der Waals surface area contributed by atoms with E-state index in [9.17, 15) is 12.8 Å². The smallest absolute Gasteiger partial charge is 0.246 e. The molecule has 0 aliphatic carbocycles. The molecule has 5 nitrogen and oxygen atoms in total. The van der Waals surface area contributed by atoms with Gasteiger partial charge in [-0.1, -0.05) is 6.92 Å². The van der Waals surface area contributed by atoms with Gasteiger partial charge in [-0.3, -0.25) is 0 Å². The summed E-state index contributed by atoms with van der Waals surface area (Å²) >= 11 is 0. The number of aromatic nitrogens is 3. The van der Waals surface area contributed by atoms with Gasteiger partial charge in [0.2, 0.25) is 9.84 Å². The summed E-state index contributed by atoms with van der Waals surface area (Å²) < 4.78 is 37.7. The van der Waals surface area contributed by atoms with E-state index >= 15 is 0 Å². The molecular formula is C8H12FN3O2S. The average Bonchev–Trinajstić information content (AvgIpc) is 2.69. The van der Waals surface area contributed by atoms with Gasteiger partial charge in [0.25, 0.3) is 5.16 Å². The van der Waals surface area contributed by atoms with Crippen LogP contribution in [-0.4, -0.2) is 28.9 Å². The van der Waals surface area contributed by atoms with Crippen LogP contribution in [0, 0.1) is 0 Å². The molecule has 0 spiro atoms. The molecule has 1 aromatic heterocycles. The van der Waals surface area contributed by atoms with E-state index in [0.29, 0.717) is 19.4 Å². The predicted octanol–water partition coefficient (Wildman–Crippen LogP) is 0.876. The van der Waals surface area contributed by atoms with Crippen LogP contribution in [0.2, 0.25) is 0 Å². The van der Waals surface area contributed by atoms with Crippen molar-refractivity contribution in [2.45, 2.75) is 37.6 Å². The normalized spacial score (nSPS) is 20.5. The van der Waals surface area contributed by atoms with Crippen molar-refractivity contribution < 1.29 is 12.8 Å². The summed E-state index contributed by atoms with van der Waals surface area (Å²) in [5, 5.41) is 3.57. The Balaban J connectivity index is 2.36. The van der Waals surface area contributed by atoms with Gasteiger partial charge in [-0.15, -0.1) is 5.10 Å². The molecule has 1 aromatic rings. The fraction of sp³-hybridized carbons (Fsp3) is 0.750. The minimum atomic E-state index is -3.42. The highest BCUT2D eigenvalue weighted by Crippen LogP contribution is 2.27. The highest BCUT2D eigenvalue weighted by atomic mass is 32.2. The molecule has 0 saturated carbocycles. The lowest BCUT2D eigenvalue weighted by Gasteiger charge is -1.96. The molecule has 0 aromatic carbocycles. The maximum Gasteiger partial charge on any atom is 0.267 e. The van der Waals surface area contributed by atoms with Crippen LogP contribution >= 0.6 is 0 Å². The van der Waals surface area contributed by atoms with E-state index in [1.807, 2.05) is 0 Å². The molecule has 0 fully saturated rings. The molecule has 84 valence electrons. The molecule has 15 heavy (non-hydrogen) atoms. The maximum atomic E-state index is 13.2. The SMILES string of the molecule is CCCS(=O)(=O)c1nc2n(n1)CCC2F. The first-order chi connectivity index (χ1) is 7.04. The van der Waals surface area contributed by atoms with Gasteiger partial charge in [0.05, 0.1) is 5.75 Å². The third kappa shape index (κ3) is 1.75. The van der Waals surface area contributed by atoms with E-state index in [0.717, 1.165) is 0 Å². The standard InChI is InChI=1S/C8H12FN3O2S/c1-2-5-15(13,14)8-10-7-6(9)3-4-12(7)11-8/h6H,2-5H2,1H3. The van der Waals surface area contributed by atoms with Crippen LogP contribution in [0.25, 0.3) is 0 Å². The number of rotatable bonds is 3. The van der Waals surface area contributed by atoms with E-state index in [2.05, 4.69) is 10.1 Å². The Labute approximate surface area is 87.2 Å². The van der Waals surface area contributed by atoms with Crippen molar-refractivity contribution >= 4 is 9.84 Å². The van der Waals surface area contributed by atoms with Crippen LogP contribution in [0.4, 0.5) is 4.39 Å². The summed E-state index contributed by atoms with van der Waals surface area (Å²) in [4.78, 5) is 3.75. The first kappa shape index (κ1) is 10.5. The van der Waals surface area contributed by atoms with Crippen LogP contribution < -0.4 is 0 Å². The van der Waals surface area contributed by atoms with E-state index in [4.69, 9.17) is 0 Å². The van der Waals surface area contributed by atoms with Crippen LogP contribution in [0.3, 0.4) is 0 Å². The number of halogens is 1. The number of fused-ring (bicyclic) bond motifs is 1. The first-order valence-electron chi connectivity index (χ1n) is 4.86. The molecule has 0 amide bonds. The molecule has 1 aliphatic heterocycles. The lowest BCUT2D eigenvalue weighted by atomic mass is 10.3. The van der Waals surface area contributed by atoms with Crippen molar-refractivity contribution in [1.29, 1.82) is 0 Å². The fourth-order valence-electron chi connectivity index (χ4n) is 1.59. The molecule has 1 unspecified atom stereocenters. The minimum Gasteiger partial charge on any atom is -0.246 e. The number of hydrogen-bond acceptors (Lipinski definition) is 4. The first-order valence-corrected chi connectivity index (χ1v) is 6.51. The Hall–Kier alpha value is -0.980. The second-order valence-corrected chi connectivity index (χ2v) is 5.55. The summed E-state index contributed by atoms with van der Waals surface area (Å²) in [6, 6.07) is 0. The number of aryl methyl sites for hydroxylation is 1. The second kappa shape index (κ2) is 3.55. The number of nitrogens with zero attached hydrogens (tertiary/aromatic N) is 3. The van der Waals surface area contributed by atoms with E-state index in [-0.39, 0.29) is 16.7 Å². The summed E-state index contributed by atoms with van der Waals surface area (Å²) in [6.45, 7) is 2.17. The predicted molar refractivity (Wildman–Crippen MR) is 50.8 cm³/mol. The lowest BCUT2D eigenvalue weighted by Crippen LogP contribution is -2.09. The molecule has 0 saturated heterocycles. The molecule has 2 heterocycles. The molecule has 0 radical (unpaired) electrons. The van der Waals surface area contributed by atoms with Crippen LogP contribution in [0.1, 0.15) is 31.8 Å². The van der Waals surface area contributed by atoms with Gasteiger partial charge >= 0.3 is 0 Å². The Morgan fingerprint density at radius 3 is 2.93 bits per heavy atom. The van der Waals surface area contributed by atoms with Crippen LogP contribution in [0.15, 0.2) is 5.16 Å². The molecule has 1 aliphatic rings. The van der Waals surface area contributed by atoms with Crippen molar-refractivity contribution in [3.8, 4) is 0 Å². The van der Waals surface area contributed by atoms with Gasteiger partial charge in [-0.2, -0.15) is 4.98 Å². The molecule has 1 atom stereocenters. The van der Waals surface area contributed by atoms with Gasteiger partial charge < -0.3 is 0 Å². The third-order valence-corrected chi connectivity index (χ3v) is 3.98. The Morgan fingerprint density at radius 2 is 2.33 bits per heavy atom. The Kier molecular flexibility index (Phi) is 2.49. The second-order valence-electron chi connectivity index (χ2n) is 3.55. The summed E-state index contributed by atoms with van der Waals surface area (Å²) in [7, 11) is -3.42. The van der Waals surface area contributed by atoms with Crippen LogP contribution in [-0.2, 0) is 16.4 Å². The number of hydrogen-bond donors (Lipinski definition) is 0. The van der Waals surface area contributed by atoms with Crippen molar-refractivity contribution in [1.82, 2.24) is 14.8 Å². The summed E-state index contributed by atoms with van der Waals surface area (Å²) in [5.41, 5.74) is 0. The molecular weight excluding hydrogens is 221 g/mol. The average molecular weight is 233 g/mol. The maximum absolute atomic E-state index is 13.2. The molecule has 0 bridgehead atoms. The van der Waals surface area contributed by atoms with Crippen LogP contribution in [0.5, 0.6) is 0 Å². The van der Waals surface area contributed by atoms with Crippen molar-refractivity contribution in [2.75, 3.05) is 5.75 Å². The molecule has 7 heteroatoms. The quantitative estimate of drug-likeness (QED) is 0.777. The largest absolute Gasteiger partial charge is 0.267 e. The van der Waals surface area contributed by atoms with Crippen molar-refractivity contribution in [2.24, 2.45) is 0 Å². The topological polar surface area (TPSA) is 64.8 Å². The minimum absolute atomic E-state index is 0.00735. The van der Waals surface area contributed by atoms with Crippen molar-refractivity contribution in [3.05, 3.63) is 5.82 Å². The van der Waals surface area contributed by atoms with Gasteiger partial charge in [0.1, 0.15) is 0 Å². The number of sulfone groups is 1. The van der Waals surface area contributed by atoms with Crippen molar-refractivity contribution in [3.63, 3.8) is 0 Å². The monoisotopic (exact) mass is 233 g/mol. The number of alkyl halides is 1. The summed E-state index contributed by atoms with van der Waals surface area (Å²) in [6.07, 6.45) is -0.336. The van der Waals surface area contributed by atoms with Gasteiger partial charge in [0, 0.05) is 13.0 Å². The molecule has 0 N–H and O–H groups in total. The molecule has 2 rings (SSSR count). The highest BCUT2D eigenvalue weighted by Gasteiger charge is 2.29. The fourth-order valence-corrected chi connectivity index (χ4v) is 2.76. The van der Waals surface area contributed by atoms with Gasteiger partial charge in [-0.05, 0) is 6.42 Å². The van der Waals surface area contributed by atoms with E-state index < -0.39 is 16.0 Å². The Morgan fingerprint density at radius 1 is 1.60 bits per heavy atom. The highest BCUT2D eigenvalue weighted by molar-refractivity contribution is 7.91. The zero-order valence-corrected chi connectivity index (χ0v) is 9.17. The zero-order valence-electron chi connectivity index (χ0n) is 8.35. The van der Waals surface area contributed by atoms with E-state index in [1.165, 1.54) is 4.68 Å². The zero-order chi connectivity index (χ0) is 11.1. The lowest BCUT2D eigenvalue weighted by molar-refractivity contribution is 0.336. The van der Waals surface area contributed by atoms with Gasteiger partial charge in [-0.25, -0.2) is 17.5 Å². The third-order valence-electron chi connectivity index (χ3n) is 2.31.